The van der Waals surface area contributed by atoms with Crippen molar-refractivity contribution in [1.29, 1.82) is 0 Å². The average molecular weight is 339 g/mol. The molecule has 0 aromatic heterocycles. The van der Waals surface area contributed by atoms with Crippen LogP contribution in [0.5, 0.6) is 0 Å². The molecule has 1 aromatic rings. The van der Waals surface area contributed by atoms with E-state index >= 15 is 0 Å². The van der Waals surface area contributed by atoms with Gasteiger partial charge in [0.25, 0.3) is 5.92 Å². The Labute approximate surface area is 138 Å². The number of carbonyl (C=O) groups is 1. The summed E-state index contributed by atoms with van der Waals surface area (Å²) in [6, 6.07) is 9.31. The van der Waals surface area contributed by atoms with Crippen LogP contribution in [0.4, 0.5) is 8.78 Å². The predicted octanol–water partition coefficient (Wildman–Crippen LogP) is 3.24. The van der Waals surface area contributed by atoms with E-state index in [1.165, 1.54) is 0 Å². The lowest BCUT2D eigenvalue weighted by atomic mass is 9.69. The lowest BCUT2D eigenvalue weighted by molar-refractivity contribution is -0.133. The molecule has 7 heteroatoms. The van der Waals surface area contributed by atoms with Crippen molar-refractivity contribution in [3.8, 4) is 0 Å². The number of rotatable bonds is 6. The number of aliphatic carboxylic acids is 1. The van der Waals surface area contributed by atoms with E-state index in [1.807, 2.05) is 30.3 Å². The third kappa shape index (κ3) is 2.56. The molecule has 130 valence electrons. The van der Waals surface area contributed by atoms with Crippen LogP contribution in [0.1, 0.15) is 31.7 Å². The number of benzene rings is 1. The van der Waals surface area contributed by atoms with Gasteiger partial charge in [-0.1, -0.05) is 42.4 Å². The number of halogens is 2. The Morgan fingerprint density at radius 3 is 2.67 bits per heavy atom. The fourth-order valence-corrected chi connectivity index (χ4v) is 3.87. The Balaban J connectivity index is 1.82. The Morgan fingerprint density at radius 2 is 2.04 bits per heavy atom. The van der Waals surface area contributed by atoms with Crippen molar-refractivity contribution in [3.05, 3.63) is 35.9 Å². The highest BCUT2D eigenvalue weighted by molar-refractivity contribution is 6.38. The minimum Gasteiger partial charge on any atom is -0.477 e. The van der Waals surface area contributed by atoms with Gasteiger partial charge in [-0.25, -0.2) is 13.6 Å². The second-order valence-corrected chi connectivity index (χ2v) is 6.45. The molecular formula is C17H19F2NO4. The molecule has 0 unspecified atom stereocenters. The lowest BCUT2D eigenvalue weighted by Gasteiger charge is -2.35. The number of hydrogen-bond acceptors (Lipinski definition) is 4. The quantitative estimate of drug-likeness (QED) is 0.864. The first-order valence-corrected chi connectivity index (χ1v) is 7.84. The first-order valence-electron chi connectivity index (χ1n) is 7.84. The number of hydrogen-bond donors (Lipinski definition) is 1. The van der Waals surface area contributed by atoms with Crippen LogP contribution in [-0.4, -0.2) is 34.9 Å². The molecule has 0 amide bonds. The molecule has 1 aliphatic heterocycles. The zero-order chi connectivity index (χ0) is 17.4. The maximum Gasteiger partial charge on any atom is 0.354 e. The first kappa shape index (κ1) is 16.8. The van der Waals surface area contributed by atoms with Gasteiger partial charge in [0.15, 0.2) is 11.3 Å². The maximum absolute atomic E-state index is 14.1. The molecule has 5 nitrogen and oxygen atoms in total. The predicted molar refractivity (Wildman–Crippen MR) is 81.9 cm³/mol. The molecule has 1 N–H and O–H groups in total. The van der Waals surface area contributed by atoms with Crippen LogP contribution in [0.3, 0.4) is 0 Å². The van der Waals surface area contributed by atoms with E-state index in [9.17, 15) is 18.7 Å². The van der Waals surface area contributed by atoms with Crippen molar-refractivity contribution in [1.82, 2.24) is 0 Å². The summed E-state index contributed by atoms with van der Waals surface area (Å²) in [6.07, 6.45) is -0.984. The van der Waals surface area contributed by atoms with Gasteiger partial charge in [-0.15, -0.1) is 0 Å². The third-order valence-corrected chi connectivity index (χ3v) is 4.99. The van der Waals surface area contributed by atoms with Gasteiger partial charge >= 0.3 is 5.97 Å². The largest absolute Gasteiger partial charge is 0.477 e. The number of nitrogens with zero attached hydrogens (tertiary/aromatic N) is 1. The molecule has 0 spiro atoms. The fraction of sp³-hybridized carbons (Fsp3) is 0.529. The van der Waals surface area contributed by atoms with E-state index in [1.54, 1.807) is 6.92 Å². The molecule has 24 heavy (non-hydrogen) atoms. The second-order valence-electron chi connectivity index (χ2n) is 6.45. The first-order chi connectivity index (χ1) is 11.3. The Hall–Kier alpha value is -2.02. The smallest absolute Gasteiger partial charge is 0.354 e. The molecule has 1 fully saturated rings. The molecule has 2 aliphatic rings. The van der Waals surface area contributed by atoms with Crippen LogP contribution in [0.25, 0.3) is 0 Å². The van der Waals surface area contributed by atoms with Gasteiger partial charge in [0.05, 0.1) is 25.0 Å². The molecule has 0 saturated heterocycles. The SMILES string of the molecule is CC[C@]12CC(F)(F)C[C@@]1(COCc1ccccc1)ON=C2C(=O)O. The van der Waals surface area contributed by atoms with E-state index in [4.69, 9.17) is 9.57 Å². The Bertz CT molecular complexity index is 664. The van der Waals surface area contributed by atoms with Crippen molar-refractivity contribution in [2.75, 3.05) is 6.61 Å². The number of carboxylic acids is 1. The Morgan fingerprint density at radius 1 is 1.33 bits per heavy atom. The van der Waals surface area contributed by atoms with E-state index in [0.717, 1.165) is 5.56 Å². The highest BCUT2D eigenvalue weighted by Crippen LogP contribution is 2.61. The molecule has 1 aromatic carbocycles. The molecule has 3 rings (SSSR count). The molecule has 1 heterocycles. The molecule has 2 atom stereocenters. The maximum atomic E-state index is 14.1. The number of ether oxygens (including phenoxy) is 1. The summed E-state index contributed by atoms with van der Waals surface area (Å²) in [6.45, 7) is 1.78. The average Bonchev–Trinajstić information content (AvgIpc) is 2.93. The molecule has 1 saturated carbocycles. The lowest BCUT2D eigenvalue weighted by Crippen LogP contribution is -2.50. The summed E-state index contributed by atoms with van der Waals surface area (Å²) in [5.74, 6) is -4.33. The highest BCUT2D eigenvalue weighted by Gasteiger charge is 2.72. The van der Waals surface area contributed by atoms with E-state index < -0.39 is 35.7 Å². The summed E-state index contributed by atoms with van der Waals surface area (Å²) in [5, 5.41) is 13.0. The van der Waals surface area contributed by atoms with E-state index in [-0.39, 0.29) is 25.3 Å². The van der Waals surface area contributed by atoms with Gasteiger partial charge < -0.3 is 14.7 Å². The van der Waals surface area contributed by atoms with Crippen LogP contribution >= 0.6 is 0 Å². The molecule has 0 bridgehead atoms. The number of carboxylic acid groups (broad SMARTS) is 1. The van der Waals surface area contributed by atoms with Crippen LogP contribution < -0.4 is 0 Å². The van der Waals surface area contributed by atoms with Crippen molar-refractivity contribution in [3.63, 3.8) is 0 Å². The van der Waals surface area contributed by atoms with Gasteiger partial charge in [-0.05, 0) is 12.0 Å². The van der Waals surface area contributed by atoms with Gasteiger partial charge in [0, 0.05) is 6.42 Å². The standard InChI is InChI=1S/C17H19F2NO4/c1-2-15-9-17(18,19)10-16(15,24-20-13(15)14(21)22)11-23-8-12-6-4-3-5-7-12/h3-7H,2,8-11H2,1H3,(H,21,22)/t15-,16+/m1/s1. The third-order valence-electron chi connectivity index (χ3n) is 4.99. The van der Waals surface area contributed by atoms with Crippen molar-refractivity contribution < 1.29 is 28.3 Å². The van der Waals surface area contributed by atoms with Gasteiger partial charge in [-0.3, -0.25) is 0 Å². The van der Waals surface area contributed by atoms with Crippen LogP contribution in [0, 0.1) is 5.41 Å². The van der Waals surface area contributed by atoms with Gasteiger partial charge in [-0.2, -0.15) is 0 Å². The number of oxime groups is 1. The number of alkyl halides is 2. The van der Waals surface area contributed by atoms with Crippen molar-refractivity contribution in [2.45, 2.75) is 44.3 Å². The highest BCUT2D eigenvalue weighted by atomic mass is 19.3. The van der Waals surface area contributed by atoms with Gasteiger partial charge in [0.2, 0.25) is 0 Å². The summed E-state index contributed by atoms with van der Waals surface area (Å²) in [7, 11) is 0. The minimum absolute atomic E-state index is 0.133. The summed E-state index contributed by atoms with van der Waals surface area (Å²) < 4.78 is 33.9. The van der Waals surface area contributed by atoms with Gasteiger partial charge in [0.1, 0.15) is 0 Å². The van der Waals surface area contributed by atoms with Crippen molar-refractivity contribution in [2.24, 2.45) is 10.6 Å². The zero-order valence-corrected chi connectivity index (χ0v) is 13.3. The zero-order valence-electron chi connectivity index (χ0n) is 13.3. The van der Waals surface area contributed by atoms with E-state index in [0.29, 0.717) is 0 Å². The summed E-state index contributed by atoms with van der Waals surface area (Å²) in [4.78, 5) is 16.8. The normalized spacial score (nSPS) is 30.5. The second kappa shape index (κ2) is 5.81. The molecule has 0 radical (unpaired) electrons. The van der Waals surface area contributed by atoms with Crippen LogP contribution in [0.15, 0.2) is 35.5 Å². The molecular weight excluding hydrogens is 320 g/mol. The van der Waals surface area contributed by atoms with E-state index in [2.05, 4.69) is 5.16 Å². The summed E-state index contributed by atoms with van der Waals surface area (Å²) in [5.41, 5.74) is -2.20. The molecule has 1 aliphatic carbocycles. The monoisotopic (exact) mass is 339 g/mol. The Kier molecular flexibility index (Phi) is 4.07. The van der Waals surface area contributed by atoms with Crippen LogP contribution in [0.2, 0.25) is 0 Å². The fourth-order valence-electron chi connectivity index (χ4n) is 3.87. The topological polar surface area (TPSA) is 68.1 Å². The summed E-state index contributed by atoms with van der Waals surface area (Å²) >= 11 is 0. The minimum atomic E-state index is -3.01. The number of fused-ring (bicyclic) bond motifs is 1. The van der Waals surface area contributed by atoms with Crippen molar-refractivity contribution >= 4 is 11.7 Å². The van der Waals surface area contributed by atoms with Crippen LogP contribution in [-0.2, 0) is 21.0 Å².